The van der Waals surface area contributed by atoms with Gasteiger partial charge in [-0.3, -0.25) is 9.78 Å². The second kappa shape index (κ2) is 5.97. The van der Waals surface area contributed by atoms with E-state index < -0.39 is 11.2 Å². The number of aromatic amines is 2. The quantitative estimate of drug-likeness (QED) is 0.466. The number of aromatic nitrogens is 3. The number of pyridine rings is 1. The molecule has 4 aromatic heterocycles. The molecular formula is C19H10FN3O2S2. The molecule has 8 heteroatoms. The number of fused-ring (bicyclic) bond motifs is 3. The molecule has 1 aromatic carbocycles. The lowest BCUT2D eigenvalue weighted by Crippen LogP contribution is -2.20. The van der Waals surface area contributed by atoms with E-state index in [0.717, 1.165) is 21.7 Å². The fourth-order valence-corrected chi connectivity index (χ4v) is 4.83. The van der Waals surface area contributed by atoms with Gasteiger partial charge in [-0.1, -0.05) is 18.2 Å². The van der Waals surface area contributed by atoms with E-state index in [1.807, 2.05) is 23.6 Å². The van der Waals surface area contributed by atoms with E-state index in [1.54, 1.807) is 23.5 Å². The molecule has 0 amide bonds. The Morgan fingerprint density at radius 1 is 1.04 bits per heavy atom. The fourth-order valence-electron chi connectivity index (χ4n) is 3.09. The summed E-state index contributed by atoms with van der Waals surface area (Å²) in [4.78, 5) is 35.4. The molecule has 0 bridgehead atoms. The van der Waals surface area contributed by atoms with Gasteiger partial charge < -0.3 is 4.98 Å². The Labute approximate surface area is 158 Å². The van der Waals surface area contributed by atoms with Crippen molar-refractivity contribution in [2.75, 3.05) is 0 Å². The summed E-state index contributed by atoms with van der Waals surface area (Å²) in [5.41, 5.74) is 1.77. The van der Waals surface area contributed by atoms with Gasteiger partial charge in [-0.2, -0.15) is 0 Å². The van der Waals surface area contributed by atoms with E-state index in [4.69, 9.17) is 4.98 Å². The third kappa shape index (κ3) is 2.61. The van der Waals surface area contributed by atoms with Crippen molar-refractivity contribution in [2.45, 2.75) is 0 Å². The molecule has 0 fully saturated rings. The first-order chi connectivity index (χ1) is 13.1. The highest BCUT2D eigenvalue weighted by Crippen LogP contribution is 2.39. The van der Waals surface area contributed by atoms with Crippen LogP contribution in [0.5, 0.6) is 0 Å². The van der Waals surface area contributed by atoms with Crippen LogP contribution in [-0.2, 0) is 0 Å². The molecule has 27 heavy (non-hydrogen) atoms. The van der Waals surface area contributed by atoms with E-state index in [2.05, 4.69) is 9.97 Å². The van der Waals surface area contributed by atoms with Crippen molar-refractivity contribution >= 4 is 43.1 Å². The van der Waals surface area contributed by atoms with Crippen LogP contribution in [0, 0.1) is 5.82 Å². The summed E-state index contributed by atoms with van der Waals surface area (Å²) in [5, 5.41) is 2.65. The Morgan fingerprint density at radius 2 is 1.85 bits per heavy atom. The number of thiophene rings is 2. The van der Waals surface area contributed by atoms with Gasteiger partial charge in [0.1, 0.15) is 15.3 Å². The van der Waals surface area contributed by atoms with Crippen LogP contribution in [0.1, 0.15) is 0 Å². The number of hydrogen-bond acceptors (Lipinski definition) is 5. The van der Waals surface area contributed by atoms with E-state index in [0.29, 0.717) is 20.4 Å². The molecular weight excluding hydrogens is 385 g/mol. The summed E-state index contributed by atoms with van der Waals surface area (Å²) >= 11 is 2.79. The standard InChI is InChI=1S/C19H10FN3O2S2/c20-10-5-3-9(4-6-10)11-8-12(13-2-1-7-26-13)21-18-14(11)15-16(27-18)17(24)23-19(25)22-15/h1-8H,(H2,22,23,24,25). The molecule has 5 aromatic rings. The lowest BCUT2D eigenvalue weighted by atomic mass is 10.0. The zero-order valence-electron chi connectivity index (χ0n) is 13.6. The van der Waals surface area contributed by atoms with Crippen LogP contribution >= 0.6 is 22.7 Å². The first-order valence-electron chi connectivity index (χ1n) is 8.00. The molecule has 0 radical (unpaired) electrons. The molecule has 0 aliphatic heterocycles. The maximum atomic E-state index is 13.4. The Kier molecular flexibility index (Phi) is 3.56. The van der Waals surface area contributed by atoms with Gasteiger partial charge in [0.25, 0.3) is 5.56 Å². The van der Waals surface area contributed by atoms with Crippen LogP contribution in [0.4, 0.5) is 4.39 Å². The van der Waals surface area contributed by atoms with Crippen LogP contribution in [0.25, 0.3) is 42.1 Å². The Balaban J connectivity index is 1.95. The smallest absolute Gasteiger partial charge is 0.305 e. The minimum atomic E-state index is -0.570. The minimum absolute atomic E-state index is 0.331. The second-order valence-electron chi connectivity index (χ2n) is 5.93. The van der Waals surface area contributed by atoms with Gasteiger partial charge >= 0.3 is 5.69 Å². The van der Waals surface area contributed by atoms with Crippen molar-refractivity contribution in [2.24, 2.45) is 0 Å². The molecule has 5 rings (SSSR count). The van der Waals surface area contributed by atoms with Crippen molar-refractivity contribution in [1.82, 2.24) is 15.0 Å². The van der Waals surface area contributed by atoms with Crippen molar-refractivity contribution in [3.8, 4) is 21.7 Å². The van der Waals surface area contributed by atoms with Gasteiger partial charge in [0.15, 0.2) is 0 Å². The highest BCUT2D eigenvalue weighted by Gasteiger charge is 2.18. The SMILES string of the molecule is O=c1[nH]c(=O)c2sc3nc(-c4cccs4)cc(-c4ccc(F)cc4)c3c2[nH]1. The van der Waals surface area contributed by atoms with Crippen molar-refractivity contribution in [3.05, 3.63) is 74.5 Å². The molecule has 132 valence electrons. The molecule has 0 unspecified atom stereocenters. The van der Waals surface area contributed by atoms with Crippen LogP contribution < -0.4 is 11.2 Å². The molecule has 0 aliphatic rings. The predicted molar refractivity (Wildman–Crippen MR) is 107 cm³/mol. The zero-order valence-corrected chi connectivity index (χ0v) is 15.2. The van der Waals surface area contributed by atoms with Crippen LogP contribution in [0.3, 0.4) is 0 Å². The van der Waals surface area contributed by atoms with Crippen molar-refractivity contribution in [1.29, 1.82) is 0 Å². The first-order valence-corrected chi connectivity index (χ1v) is 9.69. The van der Waals surface area contributed by atoms with Gasteiger partial charge in [-0.25, -0.2) is 14.2 Å². The van der Waals surface area contributed by atoms with Gasteiger partial charge in [0.2, 0.25) is 0 Å². The Morgan fingerprint density at radius 3 is 2.59 bits per heavy atom. The number of H-pyrrole nitrogens is 2. The predicted octanol–water partition coefficient (Wildman–Crippen LogP) is 4.36. The maximum absolute atomic E-state index is 13.4. The molecule has 0 atom stereocenters. The fraction of sp³-hybridized carbons (Fsp3) is 0. The monoisotopic (exact) mass is 395 g/mol. The van der Waals surface area contributed by atoms with Crippen molar-refractivity contribution in [3.63, 3.8) is 0 Å². The first kappa shape index (κ1) is 16.1. The van der Waals surface area contributed by atoms with E-state index >= 15 is 0 Å². The zero-order chi connectivity index (χ0) is 18.5. The van der Waals surface area contributed by atoms with E-state index in [1.165, 1.54) is 23.5 Å². The summed E-state index contributed by atoms with van der Waals surface area (Å²) in [7, 11) is 0. The van der Waals surface area contributed by atoms with E-state index in [9.17, 15) is 14.0 Å². The second-order valence-corrected chi connectivity index (χ2v) is 7.88. The third-order valence-electron chi connectivity index (χ3n) is 4.26. The van der Waals surface area contributed by atoms with Gasteiger partial charge in [-0.05, 0) is 40.8 Å². The minimum Gasteiger partial charge on any atom is -0.305 e. The number of rotatable bonds is 2. The largest absolute Gasteiger partial charge is 0.326 e. The summed E-state index contributed by atoms with van der Waals surface area (Å²) in [5.74, 6) is -0.331. The topological polar surface area (TPSA) is 78.6 Å². The number of nitrogens with zero attached hydrogens (tertiary/aromatic N) is 1. The summed E-state index contributed by atoms with van der Waals surface area (Å²) in [6, 6.07) is 11.9. The lowest BCUT2D eigenvalue weighted by molar-refractivity contribution is 0.628. The Bertz CT molecular complexity index is 1410. The highest BCUT2D eigenvalue weighted by atomic mass is 32.1. The van der Waals surface area contributed by atoms with Crippen LogP contribution in [0.2, 0.25) is 0 Å². The van der Waals surface area contributed by atoms with Crippen molar-refractivity contribution < 1.29 is 4.39 Å². The molecule has 0 saturated carbocycles. The average Bonchev–Trinajstić information content (AvgIpc) is 3.30. The maximum Gasteiger partial charge on any atom is 0.326 e. The summed E-state index contributed by atoms with van der Waals surface area (Å²) in [6.45, 7) is 0. The summed E-state index contributed by atoms with van der Waals surface area (Å²) < 4.78 is 13.8. The molecule has 0 spiro atoms. The molecule has 0 saturated heterocycles. The van der Waals surface area contributed by atoms with Crippen LogP contribution in [-0.4, -0.2) is 15.0 Å². The van der Waals surface area contributed by atoms with Gasteiger partial charge in [0.05, 0.1) is 16.1 Å². The highest BCUT2D eigenvalue weighted by molar-refractivity contribution is 7.25. The normalized spacial score (nSPS) is 11.4. The number of benzene rings is 1. The molecule has 5 nitrogen and oxygen atoms in total. The number of nitrogens with one attached hydrogen (secondary N) is 2. The summed E-state index contributed by atoms with van der Waals surface area (Å²) in [6.07, 6.45) is 0. The Hall–Kier alpha value is -3.10. The lowest BCUT2D eigenvalue weighted by Gasteiger charge is -2.07. The van der Waals surface area contributed by atoms with E-state index in [-0.39, 0.29) is 5.82 Å². The third-order valence-corrected chi connectivity index (χ3v) is 6.24. The average molecular weight is 395 g/mol. The molecule has 4 heterocycles. The van der Waals surface area contributed by atoms with Gasteiger partial charge in [-0.15, -0.1) is 22.7 Å². The van der Waals surface area contributed by atoms with Gasteiger partial charge in [0, 0.05) is 5.39 Å². The number of hydrogen-bond donors (Lipinski definition) is 2. The molecule has 0 aliphatic carbocycles. The molecule has 2 N–H and O–H groups in total. The van der Waals surface area contributed by atoms with Crippen LogP contribution in [0.15, 0.2) is 57.4 Å². The number of halogens is 1.